The van der Waals surface area contributed by atoms with Crippen molar-refractivity contribution >= 4 is 28.7 Å². The fraction of sp³-hybridized carbons (Fsp3) is 0.280. The summed E-state index contributed by atoms with van der Waals surface area (Å²) in [5.74, 6) is -0.730. The van der Waals surface area contributed by atoms with Gasteiger partial charge < -0.3 is 19.0 Å². The largest absolute Gasteiger partial charge is 0.508 e. The summed E-state index contributed by atoms with van der Waals surface area (Å²) in [6, 6.07) is 17.5. The van der Waals surface area contributed by atoms with Crippen molar-refractivity contribution in [1.29, 1.82) is 0 Å². The highest BCUT2D eigenvalue weighted by atomic mass is 16.5. The number of phenols is 1. The summed E-state index contributed by atoms with van der Waals surface area (Å²) >= 11 is 0. The van der Waals surface area contributed by atoms with E-state index in [2.05, 4.69) is 9.47 Å². The van der Waals surface area contributed by atoms with Gasteiger partial charge in [-0.05, 0) is 45.0 Å². The maximum atomic E-state index is 11.3. The first-order valence-corrected chi connectivity index (χ1v) is 10.3. The van der Waals surface area contributed by atoms with E-state index < -0.39 is 17.7 Å². The third-order valence-corrected chi connectivity index (χ3v) is 3.81. The maximum Gasteiger partial charge on any atom is 0.313 e. The number of hydrogen-bond donors (Lipinski definition) is 1. The Morgan fingerprint density at radius 3 is 1.85 bits per heavy atom. The van der Waals surface area contributed by atoms with Gasteiger partial charge in [0.15, 0.2) is 11.2 Å². The van der Waals surface area contributed by atoms with Crippen LogP contribution in [0.1, 0.15) is 32.4 Å². The Labute approximate surface area is 191 Å². The molecule has 0 unspecified atom stereocenters. The predicted molar refractivity (Wildman–Crippen MR) is 123 cm³/mol. The number of benzene rings is 2. The molecule has 8 nitrogen and oxygen atoms in total. The molecule has 0 fully saturated rings. The van der Waals surface area contributed by atoms with Crippen molar-refractivity contribution in [2.24, 2.45) is 0 Å². The molecule has 1 N–H and O–H groups in total. The highest BCUT2D eigenvalue weighted by Crippen LogP contribution is 2.10. The fourth-order valence-corrected chi connectivity index (χ4v) is 2.46. The molecule has 0 radical (unpaired) electrons. The number of aromatic hydroxyl groups is 1. The Kier molecular flexibility index (Phi) is 12.3. The second-order valence-electron chi connectivity index (χ2n) is 6.56. The molecule has 0 bridgehead atoms. The third kappa shape index (κ3) is 11.3. The Balaban J connectivity index is 0.000000259. The number of rotatable bonds is 6. The number of aryl methyl sites for hydroxylation is 1. The molecule has 0 aliphatic carbocycles. The maximum absolute atomic E-state index is 11.3. The normalized spacial score (nSPS) is 9.55. The van der Waals surface area contributed by atoms with Crippen LogP contribution >= 0.6 is 0 Å². The van der Waals surface area contributed by atoms with Crippen LogP contribution in [0.4, 0.5) is 0 Å². The molecule has 3 aromatic rings. The van der Waals surface area contributed by atoms with Crippen LogP contribution in [0.3, 0.4) is 0 Å². The molecular formula is C25H28O8. The minimum Gasteiger partial charge on any atom is -0.508 e. The van der Waals surface area contributed by atoms with Gasteiger partial charge in [0, 0.05) is 6.07 Å². The van der Waals surface area contributed by atoms with Gasteiger partial charge in [0.25, 0.3) is 0 Å². The van der Waals surface area contributed by atoms with Crippen LogP contribution in [0.2, 0.25) is 0 Å². The molecule has 0 amide bonds. The summed E-state index contributed by atoms with van der Waals surface area (Å²) in [5, 5.41) is 9.27. The second-order valence-corrected chi connectivity index (χ2v) is 6.56. The molecule has 0 saturated heterocycles. The summed E-state index contributed by atoms with van der Waals surface area (Å²) in [5.41, 5.74) is 0.678. The van der Waals surface area contributed by atoms with Gasteiger partial charge in [0.05, 0.1) is 18.6 Å². The molecule has 176 valence electrons. The Hall–Kier alpha value is -3.94. The standard InChI is InChI=1S/C10H8O2.C9H14O5.C6H6O/c1-7-6-9(11)8-4-2-3-5-10(8)12-7;1-3-13-8(11)5-7(10)6-9(12)14-4-2;7-6-4-2-1-3-5-6/h2-6H,1H3;3-6H2,1-2H3;1-5,7H. The zero-order valence-electron chi connectivity index (χ0n) is 18.9. The molecule has 33 heavy (non-hydrogen) atoms. The number of fused-ring (bicyclic) bond motifs is 1. The van der Waals surface area contributed by atoms with E-state index in [4.69, 9.17) is 9.52 Å². The van der Waals surface area contributed by atoms with E-state index in [1.807, 2.05) is 18.2 Å². The zero-order valence-corrected chi connectivity index (χ0v) is 18.9. The second kappa shape index (κ2) is 15.0. The van der Waals surface area contributed by atoms with Gasteiger partial charge in [-0.15, -0.1) is 0 Å². The van der Waals surface area contributed by atoms with Crippen molar-refractivity contribution < 1.29 is 33.4 Å². The third-order valence-electron chi connectivity index (χ3n) is 3.81. The lowest BCUT2D eigenvalue weighted by Gasteiger charge is -2.01. The number of carbonyl (C=O) groups is 3. The Bertz CT molecular complexity index is 1060. The lowest BCUT2D eigenvalue weighted by Crippen LogP contribution is -2.16. The molecule has 2 aromatic carbocycles. The van der Waals surface area contributed by atoms with Gasteiger partial charge in [0.2, 0.25) is 0 Å². The quantitative estimate of drug-likeness (QED) is 0.437. The Morgan fingerprint density at radius 2 is 1.36 bits per heavy atom. The summed E-state index contributed by atoms with van der Waals surface area (Å²) in [4.78, 5) is 43.9. The van der Waals surface area contributed by atoms with Crippen LogP contribution in [0.15, 0.2) is 69.9 Å². The van der Waals surface area contributed by atoms with Crippen LogP contribution in [0.5, 0.6) is 5.75 Å². The van der Waals surface area contributed by atoms with E-state index >= 15 is 0 Å². The fourth-order valence-electron chi connectivity index (χ4n) is 2.46. The summed E-state index contributed by atoms with van der Waals surface area (Å²) < 4.78 is 14.4. The molecule has 0 aliphatic heterocycles. The highest BCUT2D eigenvalue weighted by molar-refractivity contribution is 6.03. The number of phenolic OH excluding ortho intramolecular Hbond substituents is 1. The highest BCUT2D eigenvalue weighted by Gasteiger charge is 2.14. The monoisotopic (exact) mass is 456 g/mol. The molecule has 0 aliphatic rings. The molecule has 0 spiro atoms. The number of ether oxygens (including phenoxy) is 2. The van der Waals surface area contributed by atoms with Gasteiger partial charge in [-0.2, -0.15) is 0 Å². The molecular weight excluding hydrogens is 428 g/mol. The number of carbonyl (C=O) groups excluding carboxylic acids is 3. The van der Waals surface area contributed by atoms with E-state index in [1.54, 1.807) is 57.2 Å². The van der Waals surface area contributed by atoms with Crippen molar-refractivity contribution in [3.8, 4) is 5.75 Å². The smallest absolute Gasteiger partial charge is 0.313 e. The average Bonchev–Trinajstić information content (AvgIpc) is 2.75. The topological polar surface area (TPSA) is 120 Å². The van der Waals surface area contributed by atoms with E-state index in [1.165, 1.54) is 6.07 Å². The molecule has 0 atom stereocenters. The van der Waals surface area contributed by atoms with Crippen molar-refractivity contribution in [2.45, 2.75) is 33.6 Å². The first-order valence-electron chi connectivity index (χ1n) is 10.3. The van der Waals surface area contributed by atoms with Gasteiger partial charge in [0.1, 0.15) is 29.9 Å². The van der Waals surface area contributed by atoms with Crippen LogP contribution in [0.25, 0.3) is 11.0 Å². The van der Waals surface area contributed by atoms with Crippen molar-refractivity contribution in [3.05, 3.63) is 76.6 Å². The summed E-state index contributed by atoms with van der Waals surface area (Å²) in [6.07, 6.45) is -0.737. The summed E-state index contributed by atoms with van der Waals surface area (Å²) in [6.45, 7) is 5.52. The van der Waals surface area contributed by atoms with E-state index in [0.29, 0.717) is 22.5 Å². The average molecular weight is 456 g/mol. The number of ketones is 1. The minimum atomic E-state index is -0.609. The van der Waals surface area contributed by atoms with E-state index in [9.17, 15) is 19.2 Å². The van der Waals surface area contributed by atoms with Gasteiger partial charge >= 0.3 is 11.9 Å². The first kappa shape index (κ1) is 27.1. The van der Waals surface area contributed by atoms with E-state index in [-0.39, 0.29) is 31.5 Å². The van der Waals surface area contributed by atoms with Crippen LogP contribution in [-0.2, 0) is 23.9 Å². The van der Waals surface area contributed by atoms with Gasteiger partial charge in [-0.3, -0.25) is 19.2 Å². The SMILES string of the molecule is CCOC(=O)CC(=O)CC(=O)OCC.Cc1cc(=O)c2ccccc2o1.Oc1ccccc1. The van der Waals surface area contributed by atoms with Gasteiger partial charge in [-0.25, -0.2) is 0 Å². The van der Waals surface area contributed by atoms with Crippen molar-refractivity contribution in [2.75, 3.05) is 13.2 Å². The molecule has 1 aromatic heterocycles. The predicted octanol–water partition coefficient (Wildman–Crippen LogP) is 3.96. The van der Waals surface area contributed by atoms with Crippen LogP contribution < -0.4 is 5.43 Å². The minimum absolute atomic E-state index is 0.0225. The first-order chi connectivity index (χ1) is 15.8. The molecule has 0 saturated carbocycles. The van der Waals surface area contributed by atoms with E-state index in [0.717, 1.165) is 0 Å². The number of hydrogen-bond acceptors (Lipinski definition) is 8. The number of para-hydroxylation sites is 2. The zero-order chi connectivity index (χ0) is 24.6. The molecule has 8 heteroatoms. The van der Waals surface area contributed by atoms with Crippen molar-refractivity contribution in [1.82, 2.24) is 0 Å². The van der Waals surface area contributed by atoms with Crippen molar-refractivity contribution in [3.63, 3.8) is 0 Å². The van der Waals surface area contributed by atoms with Gasteiger partial charge in [-0.1, -0.05) is 30.3 Å². The lowest BCUT2D eigenvalue weighted by atomic mass is 10.2. The van der Waals surface area contributed by atoms with Crippen LogP contribution in [-0.4, -0.2) is 36.0 Å². The molecule has 1 heterocycles. The number of Topliss-reactive ketones (excluding diaryl/α,β-unsaturated/α-hetero) is 1. The molecule has 3 rings (SSSR count). The lowest BCUT2D eigenvalue weighted by molar-refractivity contribution is -0.148. The number of esters is 2. The summed E-state index contributed by atoms with van der Waals surface area (Å²) in [7, 11) is 0. The van der Waals surface area contributed by atoms with Crippen LogP contribution in [0, 0.1) is 6.92 Å². The Morgan fingerprint density at radius 1 is 0.848 bits per heavy atom.